The Hall–Kier alpha value is -1.76. The number of nitrogens with one attached hydrogen (secondary N) is 1. The second kappa shape index (κ2) is 5.48. The van der Waals surface area contributed by atoms with Gasteiger partial charge in [0.2, 0.25) is 0 Å². The van der Waals surface area contributed by atoms with Gasteiger partial charge >= 0.3 is 0 Å². The molecule has 0 atom stereocenters. The minimum Gasteiger partial charge on any atom is -0.376 e. The van der Waals surface area contributed by atoms with Crippen LogP contribution in [0, 0.1) is 0 Å². The summed E-state index contributed by atoms with van der Waals surface area (Å²) in [5, 5.41) is 3.81. The van der Waals surface area contributed by atoms with Gasteiger partial charge in [0.15, 0.2) is 0 Å². The van der Waals surface area contributed by atoms with Crippen LogP contribution in [0.1, 0.15) is 37.7 Å². The van der Waals surface area contributed by atoms with Crippen LogP contribution >= 0.6 is 0 Å². The van der Waals surface area contributed by atoms with Gasteiger partial charge in [0.05, 0.1) is 5.54 Å². The molecule has 1 nitrogen and oxygen atoms in total. The van der Waals surface area contributed by atoms with E-state index in [9.17, 15) is 0 Å². The third kappa shape index (κ3) is 2.65. The third-order valence-electron chi connectivity index (χ3n) is 4.19. The van der Waals surface area contributed by atoms with Gasteiger partial charge in [-0.2, -0.15) is 0 Å². The summed E-state index contributed by atoms with van der Waals surface area (Å²) >= 11 is 0. The Bertz CT molecular complexity index is 498. The van der Waals surface area contributed by atoms with Crippen molar-refractivity contribution in [1.82, 2.24) is 0 Å². The first-order valence-corrected chi connectivity index (χ1v) is 7.28. The van der Waals surface area contributed by atoms with E-state index in [-0.39, 0.29) is 5.54 Å². The van der Waals surface area contributed by atoms with E-state index in [0.717, 1.165) is 0 Å². The number of hydrogen-bond donors (Lipinski definition) is 1. The molecule has 0 heterocycles. The summed E-state index contributed by atoms with van der Waals surface area (Å²) in [6.07, 6.45) is 6.45. The van der Waals surface area contributed by atoms with Crippen molar-refractivity contribution in [3.63, 3.8) is 0 Å². The number of rotatable bonds is 3. The van der Waals surface area contributed by atoms with Gasteiger partial charge in [0, 0.05) is 5.69 Å². The molecule has 1 fully saturated rings. The van der Waals surface area contributed by atoms with E-state index in [1.54, 1.807) is 0 Å². The normalized spacial score (nSPS) is 17.9. The van der Waals surface area contributed by atoms with Crippen LogP contribution in [0.25, 0.3) is 0 Å². The Morgan fingerprint density at radius 2 is 1.26 bits per heavy atom. The second-order valence-corrected chi connectivity index (χ2v) is 5.50. The lowest BCUT2D eigenvalue weighted by atomic mass is 9.76. The largest absolute Gasteiger partial charge is 0.376 e. The van der Waals surface area contributed by atoms with Gasteiger partial charge in [-0.25, -0.2) is 0 Å². The van der Waals surface area contributed by atoms with Crippen LogP contribution in [-0.2, 0) is 5.54 Å². The first-order valence-electron chi connectivity index (χ1n) is 7.28. The SMILES string of the molecule is c1ccc(NC2(c3ccccc3)CCCCC2)cc1. The molecule has 1 aliphatic carbocycles. The summed E-state index contributed by atoms with van der Waals surface area (Å²) in [5.74, 6) is 0. The molecule has 1 saturated carbocycles. The van der Waals surface area contributed by atoms with Crippen LogP contribution in [0.15, 0.2) is 60.7 Å². The molecule has 19 heavy (non-hydrogen) atoms. The maximum absolute atomic E-state index is 3.81. The summed E-state index contributed by atoms with van der Waals surface area (Å²) in [7, 11) is 0. The van der Waals surface area contributed by atoms with Crippen LogP contribution in [0.4, 0.5) is 5.69 Å². The molecule has 0 bridgehead atoms. The van der Waals surface area contributed by atoms with Crippen LogP contribution in [0.3, 0.4) is 0 Å². The van der Waals surface area contributed by atoms with Gasteiger partial charge < -0.3 is 5.32 Å². The van der Waals surface area contributed by atoms with Crippen LogP contribution in [0.5, 0.6) is 0 Å². The molecule has 1 N–H and O–H groups in total. The molecular formula is C18H21N. The first kappa shape index (κ1) is 12.3. The number of hydrogen-bond acceptors (Lipinski definition) is 1. The molecule has 0 spiro atoms. The molecule has 3 rings (SSSR count). The highest BCUT2D eigenvalue weighted by molar-refractivity contribution is 5.48. The molecule has 0 saturated heterocycles. The molecule has 0 radical (unpaired) electrons. The van der Waals surface area contributed by atoms with Gasteiger partial charge in [0.25, 0.3) is 0 Å². The van der Waals surface area contributed by atoms with E-state index in [1.807, 2.05) is 0 Å². The van der Waals surface area contributed by atoms with Crippen molar-refractivity contribution in [2.45, 2.75) is 37.6 Å². The lowest BCUT2D eigenvalue weighted by Gasteiger charge is -2.39. The average Bonchev–Trinajstić information content (AvgIpc) is 2.50. The quantitative estimate of drug-likeness (QED) is 0.813. The zero-order chi connectivity index (χ0) is 13.0. The standard InChI is InChI=1S/C18H21N/c1-4-10-16(11-5-1)18(14-8-3-9-15-18)19-17-12-6-2-7-13-17/h1-2,4-7,10-13,19H,3,8-9,14-15H2. The number of benzene rings is 2. The van der Waals surface area contributed by atoms with E-state index in [2.05, 4.69) is 66.0 Å². The highest BCUT2D eigenvalue weighted by atomic mass is 15.0. The predicted molar refractivity (Wildman–Crippen MR) is 81.3 cm³/mol. The molecule has 98 valence electrons. The van der Waals surface area contributed by atoms with Crippen LogP contribution < -0.4 is 5.32 Å². The van der Waals surface area contributed by atoms with Crippen molar-refractivity contribution >= 4 is 5.69 Å². The Morgan fingerprint density at radius 1 is 0.684 bits per heavy atom. The molecule has 0 amide bonds. The fourth-order valence-electron chi connectivity index (χ4n) is 3.20. The molecule has 0 aromatic heterocycles. The number of para-hydroxylation sites is 1. The highest BCUT2D eigenvalue weighted by Gasteiger charge is 2.33. The molecule has 1 aliphatic rings. The Labute approximate surface area is 115 Å². The number of anilines is 1. The summed E-state index contributed by atoms with van der Waals surface area (Å²) in [5.41, 5.74) is 2.78. The molecular weight excluding hydrogens is 230 g/mol. The van der Waals surface area contributed by atoms with E-state index in [4.69, 9.17) is 0 Å². The van der Waals surface area contributed by atoms with E-state index >= 15 is 0 Å². The minimum atomic E-state index is 0.126. The summed E-state index contributed by atoms with van der Waals surface area (Å²) in [4.78, 5) is 0. The van der Waals surface area contributed by atoms with Gasteiger partial charge in [-0.15, -0.1) is 0 Å². The van der Waals surface area contributed by atoms with Crippen LogP contribution in [0.2, 0.25) is 0 Å². The maximum atomic E-state index is 3.81. The second-order valence-electron chi connectivity index (χ2n) is 5.50. The predicted octanol–water partition coefficient (Wildman–Crippen LogP) is 4.96. The third-order valence-corrected chi connectivity index (χ3v) is 4.19. The highest BCUT2D eigenvalue weighted by Crippen LogP contribution is 2.39. The molecule has 1 heteroatoms. The molecule has 2 aromatic rings. The minimum absolute atomic E-state index is 0.126. The fraction of sp³-hybridized carbons (Fsp3) is 0.333. The molecule has 2 aromatic carbocycles. The smallest absolute Gasteiger partial charge is 0.0625 e. The van der Waals surface area contributed by atoms with Crippen LogP contribution in [-0.4, -0.2) is 0 Å². The van der Waals surface area contributed by atoms with Crippen molar-refractivity contribution in [3.05, 3.63) is 66.2 Å². The van der Waals surface area contributed by atoms with Gasteiger partial charge in [-0.05, 0) is 30.5 Å². The fourth-order valence-corrected chi connectivity index (χ4v) is 3.20. The molecule has 0 aliphatic heterocycles. The lowest BCUT2D eigenvalue weighted by Crippen LogP contribution is -2.37. The zero-order valence-electron chi connectivity index (χ0n) is 11.3. The van der Waals surface area contributed by atoms with Crippen molar-refractivity contribution in [1.29, 1.82) is 0 Å². The summed E-state index contributed by atoms with van der Waals surface area (Å²) < 4.78 is 0. The summed E-state index contributed by atoms with van der Waals surface area (Å²) in [6.45, 7) is 0. The van der Waals surface area contributed by atoms with Crippen molar-refractivity contribution < 1.29 is 0 Å². The van der Waals surface area contributed by atoms with E-state index in [0.29, 0.717) is 0 Å². The Morgan fingerprint density at radius 3 is 1.89 bits per heavy atom. The zero-order valence-corrected chi connectivity index (χ0v) is 11.3. The van der Waals surface area contributed by atoms with E-state index < -0.39 is 0 Å². The molecule has 0 unspecified atom stereocenters. The van der Waals surface area contributed by atoms with Gasteiger partial charge in [0.1, 0.15) is 0 Å². The summed E-state index contributed by atoms with van der Waals surface area (Å²) in [6, 6.07) is 21.5. The Kier molecular flexibility index (Phi) is 3.54. The lowest BCUT2D eigenvalue weighted by molar-refractivity contribution is 0.330. The van der Waals surface area contributed by atoms with Crippen molar-refractivity contribution in [2.24, 2.45) is 0 Å². The van der Waals surface area contributed by atoms with Gasteiger partial charge in [-0.1, -0.05) is 67.8 Å². The first-order chi connectivity index (χ1) is 9.39. The Balaban J connectivity index is 1.93. The van der Waals surface area contributed by atoms with E-state index in [1.165, 1.54) is 43.4 Å². The topological polar surface area (TPSA) is 12.0 Å². The average molecular weight is 251 g/mol. The maximum Gasteiger partial charge on any atom is 0.0625 e. The van der Waals surface area contributed by atoms with Crippen molar-refractivity contribution in [3.8, 4) is 0 Å². The van der Waals surface area contributed by atoms with Crippen molar-refractivity contribution in [2.75, 3.05) is 5.32 Å². The monoisotopic (exact) mass is 251 g/mol. The van der Waals surface area contributed by atoms with Gasteiger partial charge in [-0.3, -0.25) is 0 Å².